The van der Waals surface area contributed by atoms with E-state index in [4.69, 9.17) is 5.11 Å². The lowest BCUT2D eigenvalue weighted by Crippen LogP contribution is -2.07. The second-order valence-electron chi connectivity index (χ2n) is 3.12. The molecule has 82 valence electrons. The van der Waals surface area contributed by atoms with Gasteiger partial charge in [-0.25, -0.2) is 4.98 Å². The summed E-state index contributed by atoms with van der Waals surface area (Å²) in [6, 6.07) is 3.55. The van der Waals surface area contributed by atoms with Crippen molar-refractivity contribution in [2.24, 2.45) is 0 Å². The first-order chi connectivity index (χ1) is 7.22. The molecule has 0 aliphatic rings. The van der Waals surface area contributed by atoms with Crippen LogP contribution in [0.15, 0.2) is 18.3 Å². The van der Waals surface area contributed by atoms with E-state index in [9.17, 15) is 4.79 Å². The number of hydrogen-bond donors (Lipinski definition) is 3. The molecule has 0 saturated carbocycles. The maximum atomic E-state index is 10.7. The van der Waals surface area contributed by atoms with Gasteiger partial charge in [0.2, 0.25) is 5.91 Å². The number of amides is 1. The molecule has 1 aromatic heterocycles. The van der Waals surface area contributed by atoms with Crippen molar-refractivity contribution in [3.05, 3.63) is 18.3 Å². The van der Waals surface area contributed by atoms with Gasteiger partial charge in [-0.2, -0.15) is 0 Å². The molecule has 0 fully saturated rings. The predicted molar refractivity (Wildman–Crippen MR) is 58.7 cm³/mol. The molecule has 0 aliphatic carbocycles. The van der Waals surface area contributed by atoms with Crippen LogP contribution >= 0.6 is 0 Å². The van der Waals surface area contributed by atoms with Crippen LogP contribution in [0.25, 0.3) is 0 Å². The van der Waals surface area contributed by atoms with Gasteiger partial charge in [0.1, 0.15) is 5.82 Å². The van der Waals surface area contributed by atoms with Gasteiger partial charge in [-0.05, 0) is 18.6 Å². The average Bonchev–Trinajstić information content (AvgIpc) is 2.20. The quantitative estimate of drug-likeness (QED) is 0.628. The summed E-state index contributed by atoms with van der Waals surface area (Å²) in [6.07, 6.45) is 2.28. The van der Waals surface area contributed by atoms with Gasteiger partial charge < -0.3 is 15.7 Å². The van der Waals surface area contributed by atoms with Crippen LogP contribution in [-0.4, -0.2) is 29.1 Å². The second kappa shape index (κ2) is 5.98. The minimum absolute atomic E-state index is 0.113. The number of hydrogen-bond acceptors (Lipinski definition) is 4. The number of aliphatic hydroxyl groups is 1. The van der Waals surface area contributed by atoms with Gasteiger partial charge in [0.25, 0.3) is 0 Å². The van der Waals surface area contributed by atoms with E-state index in [2.05, 4.69) is 15.6 Å². The van der Waals surface area contributed by atoms with Crippen molar-refractivity contribution in [3.63, 3.8) is 0 Å². The van der Waals surface area contributed by atoms with Crippen molar-refractivity contribution in [2.45, 2.75) is 13.3 Å². The first-order valence-electron chi connectivity index (χ1n) is 4.81. The SMILES string of the molecule is CC(=O)Nc1ccc(NCCCO)nc1. The van der Waals surface area contributed by atoms with Gasteiger partial charge in [-0.15, -0.1) is 0 Å². The van der Waals surface area contributed by atoms with Gasteiger partial charge in [0.15, 0.2) is 0 Å². The van der Waals surface area contributed by atoms with Crippen molar-refractivity contribution in [2.75, 3.05) is 23.8 Å². The van der Waals surface area contributed by atoms with E-state index in [0.29, 0.717) is 18.7 Å². The molecule has 0 saturated heterocycles. The Balaban J connectivity index is 2.45. The van der Waals surface area contributed by atoms with Crippen LogP contribution in [-0.2, 0) is 4.79 Å². The molecule has 0 bridgehead atoms. The van der Waals surface area contributed by atoms with Gasteiger partial charge in [-0.3, -0.25) is 4.79 Å². The van der Waals surface area contributed by atoms with E-state index < -0.39 is 0 Å². The highest BCUT2D eigenvalue weighted by Crippen LogP contribution is 2.09. The number of carbonyl (C=O) groups excluding carboxylic acids is 1. The summed E-state index contributed by atoms with van der Waals surface area (Å²) in [6.45, 7) is 2.30. The first-order valence-corrected chi connectivity index (χ1v) is 4.81. The number of rotatable bonds is 5. The van der Waals surface area contributed by atoms with Gasteiger partial charge in [0, 0.05) is 20.1 Å². The fourth-order valence-corrected chi connectivity index (χ4v) is 1.07. The number of anilines is 2. The Morgan fingerprint density at radius 1 is 1.53 bits per heavy atom. The number of aromatic nitrogens is 1. The fourth-order valence-electron chi connectivity index (χ4n) is 1.07. The molecule has 0 aliphatic heterocycles. The normalized spacial score (nSPS) is 9.73. The van der Waals surface area contributed by atoms with E-state index >= 15 is 0 Å². The summed E-state index contributed by atoms with van der Waals surface area (Å²) >= 11 is 0. The maximum Gasteiger partial charge on any atom is 0.221 e. The molecule has 0 spiro atoms. The highest BCUT2D eigenvalue weighted by atomic mass is 16.3. The Kier molecular flexibility index (Phi) is 4.56. The number of pyridine rings is 1. The molecule has 1 aromatic rings. The average molecular weight is 209 g/mol. The predicted octanol–water partition coefficient (Wildman–Crippen LogP) is 0.834. The molecular formula is C10H15N3O2. The molecular weight excluding hydrogens is 194 g/mol. The fraction of sp³-hybridized carbons (Fsp3) is 0.400. The molecule has 5 nitrogen and oxygen atoms in total. The van der Waals surface area contributed by atoms with E-state index in [1.54, 1.807) is 18.3 Å². The standard InChI is InChI=1S/C10H15N3O2/c1-8(15)13-9-3-4-10(12-7-9)11-5-2-6-14/h3-4,7,14H,2,5-6H2,1H3,(H,11,12)(H,13,15). The molecule has 0 radical (unpaired) electrons. The lowest BCUT2D eigenvalue weighted by atomic mass is 10.4. The summed E-state index contributed by atoms with van der Waals surface area (Å²) < 4.78 is 0. The first kappa shape index (κ1) is 11.5. The molecule has 5 heteroatoms. The van der Waals surface area contributed by atoms with Crippen LogP contribution < -0.4 is 10.6 Å². The summed E-state index contributed by atoms with van der Waals surface area (Å²) in [7, 11) is 0. The summed E-state index contributed by atoms with van der Waals surface area (Å²) in [5.41, 5.74) is 0.676. The molecule has 0 atom stereocenters. The van der Waals surface area contributed by atoms with Crippen LogP contribution in [0, 0.1) is 0 Å². The molecule has 3 N–H and O–H groups in total. The van der Waals surface area contributed by atoms with Crippen molar-refractivity contribution >= 4 is 17.4 Å². The molecule has 15 heavy (non-hydrogen) atoms. The Morgan fingerprint density at radius 3 is 2.87 bits per heavy atom. The zero-order valence-corrected chi connectivity index (χ0v) is 8.66. The number of aliphatic hydroxyl groups excluding tert-OH is 1. The molecule has 0 aromatic carbocycles. The summed E-state index contributed by atoms with van der Waals surface area (Å²) in [5.74, 6) is 0.621. The highest BCUT2D eigenvalue weighted by molar-refractivity contribution is 5.88. The summed E-state index contributed by atoms with van der Waals surface area (Å²) in [4.78, 5) is 14.8. The zero-order valence-electron chi connectivity index (χ0n) is 8.66. The molecule has 1 amide bonds. The molecule has 1 heterocycles. The van der Waals surface area contributed by atoms with E-state index in [0.717, 1.165) is 5.82 Å². The summed E-state index contributed by atoms with van der Waals surface area (Å²) in [5, 5.41) is 14.3. The Bertz CT molecular complexity index is 311. The van der Waals surface area contributed by atoms with E-state index in [1.807, 2.05) is 0 Å². The third-order valence-electron chi connectivity index (χ3n) is 1.72. The van der Waals surface area contributed by atoms with Crippen LogP contribution in [0.4, 0.5) is 11.5 Å². The zero-order chi connectivity index (χ0) is 11.1. The van der Waals surface area contributed by atoms with Crippen molar-refractivity contribution in [1.82, 2.24) is 4.98 Å². The van der Waals surface area contributed by atoms with Crippen molar-refractivity contribution < 1.29 is 9.90 Å². The third kappa shape index (κ3) is 4.42. The lowest BCUT2D eigenvalue weighted by Gasteiger charge is -2.05. The van der Waals surface area contributed by atoms with Gasteiger partial charge in [0.05, 0.1) is 11.9 Å². The smallest absolute Gasteiger partial charge is 0.221 e. The second-order valence-corrected chi connectivity index (χ2v) is 3.12. The Hall–Kier alpha value is -1.62. The Morgan fingerprint density at radius 2 is 2.33 bits per heavy atom. The maximum absolute atomic E-state index is 10.7. The number of carbonyl (C=O) groups is 1. The minimum atomic E-state index is -0.113. The van der Waals surface area contributed by atoms with Crippen LogP contribution in [0.5, 0.6) is 0 Å². The number of nitrogens with one attached hydrogen (secondary N) is 2. The van der Waals surface area contributed by atoms with Crippen LogP contribution in [0.1, 0.15) is 13.3 Å². The molecule has 1 rings (SSSR count). The molecule has 0 unspecified atom stereocenters. The third-order valence-corrected chi connectivity index (χ3v) is 1.72. The van der Waals surface area contributed by atoms with Gasteiger partial charge >= 0.3 is 0 Å². The van der Waals surface area contributed by atoms with Crippen LogP contribution in [0.3, 0.4) is 0 Å². The lowest BCUT2D eigenvalue weighted by molar-refractivity contribution is -0.114. The number of nitrogens with zero attached hydrogens (tertiary/aromatic N) is 1. The monoisotopic (exact) mass is 209 g/mol. The van der Waals surface area contributed by atoms with Crippen molar-refractivity contribution in [3.8, 4) is 0 Å². The van der Waals surface area contributed by atoms with E-state index in [1.165, 1.54) is 6.92 Å². The topological polar surface area (TPSA) is 74.2 Å². The van der Waals surface area contributed by atoms with Crippen LogP contribution in [0.2, 0.25) is 0 Å². The van der Waals surface area contributed by atoms with Crippen molar-refractivity contribution in [1.29, 1.82) is 0 Å². The minimum Gasteiger partial charge on any atom is -0.396 e. The Labute approximate surface area is 88.5 Å². The van der Waals surface area contributed by atoms with Gasteiger partial charge in [-0.1, -0.05) is 0 Å². The highest BCUT2D eigenvalue weighted by Gasteiger charge is 1.96. The van der Waals surface area contributed by atoms with E-state index in [-0.39, 0.29) is 12.5 Å². The largest absolute Gasteiger partial charge is 0.396 e.